The van der Waals surface area contributed by atoms with E-state index in [1.54, 1.807) is 0 Å². The van der Waals surface area contributed by atoms with Crippen LogP contribution in [0.2, 0.25) is 0 Å². The van der Waals surface area contributed by atoms with Gasteiger partial charge < -0.3 is 0 Å². The fourth-order valence-electron chi connectivity index (χ4n) is 0. The van der Waals surface area contributed by atoms with E-state index in [0.717, 1.165) is 0 Å². The van der Waals surface area contributed by atoms with Crippen molar-refractivity contribution in [3.63, 3.8) is 0 Å². The van der Waals surface area contributed by atoms with E-state index in [1.165, 1.54) is 6.42 Å². The van der Waals surface area contributed by atoms with E-state index in [1.807, 2.05) is 0 Å². The molecule has 0 N–H and O–H groups in total. The Morgan fingerprint density at radius 2 is 2.25 bits per heavy atom. The summed E-state index contributed by atoms with van der Waals surface area (Å²) in [6.07, 6.45) is 1.19. The van der Waals surface area contributed by atoms with Crippen molar-refractivity contribution in [3.05, 3.63) is 0 Å². The van der Waals surface area contributed by atoms with E-state index in [0.29, 0.717) is 0 Å². The molecule has 0 saturated heterocycles. The predicted molar refractivity (Wildman–Crippen MR) is 16.4 cm³/mol. The molecule has 0 aromatic carbocycles. The minimum absolute atomic E-state index is 1.19. The maximum absolute atomic E-state index is 2.12. The molecule has 0 atom stereocenters. The molecule has 0 rings (SSSR count). The normalized spacial score (nSPS) is 6.75. The Hall–Kier alpha value is 0.584. The van der Waals surface area contributed by atoms with Gasteiger partial charge in [-0.15, -0.1) is 0 Å². The minimum atomic E-state index is 1.19. The molecular formula is C3H6Ti+. The number of hydrogen-bond donors (Lipinski definition) is 0. The molecule has 0 aliphatic carbocycles. The van der Waals surface area contributed by atoms with Crippen molar-refractivity contribution in [3.8, 4) is 0 Å². The average molecular weight is 89.9 g/mol. The molecule has 0 spiro atoms. The van der Waals surface area contributed by atoms with E-state index < -0.39 is 0 Å². The number of hydrogen-bond acceptors (Lipinski definition) is 0. The summed E-state index contributed by atoms with van der Waals surface area (Å²) in [5, 5.41) is 0. The molecule has 4 heavy (non-hydrogen) atoms. The van der Waals surface area contributed by atoms with Gasteiger partial charge in [0, 0.05) is 0 Å². The van der Waals surface area contributed by atoms with Gasteiger partial charge in [0.2, 0.25) is 0 Å². The van der Waals surface area contributed by atoms with Crippen LogP contribution in [-0.2, 0) is 20.0 Å². The van der Waals surface area contributed by atoms with Crippen LogP contribution in [0.5, 0.6) is 0 Å². The topological polar surface area (TPSA) is 0 Å². The van der Waals surface area contributed by atoms with Crippen LogP contribution in [0, 0.1) is 0 Å². The first-order valence-corrected chi connectivity index (χ1v) is 2.31. The van der Waals surface area contributed by atoms with Gasteiger partial charge in [-0.25, -0.2) is 0 Å². The van der Waals surface area contributed by atoms with Crippen LogP contribution in [-0.4, -0.2) is 4.31 Å². The Balaban J connectivity index is 2.30. The Morgan fingerprint density at radius 1 is 2.00 bits per heavy atom. The Bertz CT molecular complexity index is 17.2. The number of rotatable bonds is 1. The van der Waals surface area contributed by atoms with E-state index >= 15 is 0 Å². The van der Waals surface area contributed by atoms with Crippen LogP contribution in [0.25, 0.3) is 0 Å². The van der Waals surface area contributed by atoms with Crippen LogP contribution in [0.1, 0.15) is 13.3 Å². The van der Waals surface area contributed by atoms with Gasteiger partial charge in [0.15, 0.2) is 0 Å². The molecule has 0 aliphatic heterocycles. The zero-order valence-electron chi connectivity index (χ0n) is 2.78. The van der Waals surface area contributed by atoms with Crippen LogP contribution >= 0.6 is 0 Å². The second-order valence-electron chi connectivity index (χ2n) is 0.612. The third-order valence-corrected chi connectivity index (χ3v) is 0.842. The second-order valence-corrected chi connectivity index (χ2v) is 1.25. The van der Waals surface area contributed by atoms with Crippen molar-refractivity contribution in [1.29, 1.82) is 0 Å². The summed E-state index contributed by atoms with van der Waals surface area (Å²) in [4.78, 5) is 0. The van der Waals surface area contributed by atoms with Gasteiger partial charge in [-0.1, -0.05) is 0 Å². The van der Waals surface area contributed by atoms with Gasteiger partial charge in [0.25, 0.3) is 0 Å². The predicted octanol–water partition coefficient (Wildman–Crippen LogP) is 0.745. The SMILES string of the molecule is CC[CH]=[Ti+]. The Labute approximate surface area is 38.1 Å². The molecule has 21 valence electrons. The van der Waals surface area contributed by atoms with Crippen molar-refractivity contribution in [2.24, 2.45) is 0 Å². The summed E-state index contributed by atoms with van der Waals surface area (Å²) >= 11 is 2.06. The van der Waals surface area contributed by atoms with Crippen LogP contribution in [0.15, 0.2) is 0 Å². The molecule has 0 radical (unpaired) electrons. The second kappa shape index (κ2) is 3.58. The Kier molecular flexibility index (Phi) is 4.11. The summed E-state index contributed by atoms with van der Waals surface area (Å²) in [6.45, 7) is 2.12. The first-order chi connectivity index (χ1) is 1.91. The molecule has 0 saturated carbocycles. The molecule has 0 nitrogen and oxygen atoms in total. The summed E-state index contributed by atoms with van der Waals surface area (Å²) in [6, 6.07) is 0. The fraction of sp³-hybridized carbons (Fsp3) is 0.667. The van der Waals surface area contributed by atoms with E-state index in [2.05, 4.69) is 31.2 Å². The van der Waals surface area contributed by atoms with Crippen LogP contribution in [0.3, 0.4) is 0 Å². The first-order valence-electron chi connectivity index (χ1n) is 1.40. The quantitative estimate of drug-likeness (QED) is 0.416. The van der Waals surface area contributed by atoms with Gasteiger partial charge in [0.05, 0.1) is 0 Å². The third kappa shape index (κ3) is 2.58. The van der Waals surface area contributed by atoms with Crippen LogP contribution in [0.4, 0.5) is 0 Å². The molecule has 0 fully saturated rings. The zero-order valence-corrected chi connectivity index (χ0v) is 4.35. The molecule has 0 aromatic rings. The van der Waals surface area contributed by atoms with Crippen molar-refractivity contribution in [2.75, 3.05) is 0 Å². The van der Waals surface area contributed by atoms with Gasteiger partial charge in [-0.3, -0.25) is 0 Å². The van der Waals surface area contributed by atoms with Crippen molar-refractivity contribution in [1.82, 2.24) is 0 Å². The molecule has 0 amide bonds. The Morgan fingerprint density at radius 3 is 2.25 bits per heavy atom. The van der Waals surface area contributed by atoms with Crippen molar-refractivity contribution in [2.45, 2.75) is 13.3 Å². The van der Waals surface area contributed by atoms with E-state index in [-0.39, 0.29) is 0 Å². The molecule has 0 heterocycles. The first kappa shape index (κ1) is 4.58. The van der Waals surface area contributed by atoms with E-state index in [9.17, 15) is 0 Å². The third-order valence-electron chi connectivity index (χ3n) is 0.204. The van der Waals surface area contributed by atoms with Gasteiger partial charge in [-0.05, 0) is 0 Å². The maximum atomic E-state index is 2.12. The summed E-state index contributed by atoms with van der Waals surface area (Å²) < 4.78 is 2.12. The molecule has 0 aliphatic rings. The molecule has 1 heteroatoms. The van der Waals surface area contributed by atoms with Gasteiger partial charge in [-0.2, -0.15) is 0 Å². The van der Waals surface area contributed by atoms with E-state index in [4.69, 9.17) is 0 Å². The monoisotopic (exact) mass is 90.0 g/mol. The molecule has 0 bridgehead atoms. The summed E-state index contributed by atoms with van der Waals surface area (Å²) in [5.41, 5.74) is 0. The van der Waals surface area contributed by atoms with Gasteiger partial charge in [0.1, 0.15) is 0 Å². The molecular weight excluding hydrogens is 83.9 g/mol. The summed E-state index contributed by atoms with van der Waals surface area (Å²) in [7, 11) is 0. The molecule has 0 unspecified atom stereocenters. The van der Waals surface area contributed by atoms with Crippen molar-refractivity contribution >= 4 is 4.31 Å². The van der Waals surface area contributed by atoms with Crippen molar-refractivity contribution < 1.29 is 20.0 Å². The fourth-order valence-corrected chi connectivity index (χ4v) is 0. The molecule has 0 aromatic heterocycles. The van der Waals surface area contributed by atoms with Gasteiger partial charge >= 0.3 is 37.6 Å². The average Bonchev–Trinajstić information content (AvgIpc) is 1.37. The summed E-state index contributed by atoms with van der Waals surface area (Å²) in [5.74, 6) is 0. The standard InChI is InChI=1S/C3H6.Ti/c1-3-2;/h1H,3H2,2H3;/q;+1. The van der Waals surface area contributed by atoms with Crippen LogP contribution < -0.4 is 0 Å². The zero-order chi connectivity index (χ0) is 3.41.